The molecule has 31 heavy (non-hydrogen) atoms. The average molecular weight is 416 g/mol. The number of hydrogen-bond acceptors (Lipinski definition) is 2. The molecule has 1 saturated carbocycles. The van der Waals surface area contributed by atoms with Gasteiger partial charge in [0.15, 0.2) is 5.58 Å². The first-order chi connectivity index (χ1) is 15.2. The summed E-state index contributed by atoms with van der Waals surface area (Å²) >= 11 is 0. The van der Waals surface area contributed by atoms with Crippen molar-refractivity contribution in [3.63, 3.8) is 0 Å². The van der Waals surface area contributed by atoms with Gasteiger partial charge in [0, 0.05) is 30.3 Å². The van der Waals surface area contributed by atoms with Gasteiger partial charge in [0.1, 0.15) is 17.3 Å². The highest BCUT2D eigenvalue weighted by Crippen LogP contribution is 2.31. The summed E-state index contributed by atoms with van der Waals surface area (Å²) in [6.45, 7) is 0.570. The largest absolute Gasteiger partial charge is 0.454 e. The van der Waals surface area contributed by atoms with Crippen molar-refractivity contribution in [1.82, 2.24) is 9.88 Å². The standard InChI is InChI=1S/C26H25FN2O2/c27-20-13-11-19(12-14-20)24-15-22-25(31-24)16-23(26(30)28-21-9-5-2-6-10-21)29(22)17-18-7-3-1-4-8-18/h1,3-4,7-8,11-16,21H,2,5-6,9-10,17H2,(H,28,30). The molecule has 1 N–H and O–H groups in total. The number of halogens is 1. The van der Waals surface area contributed by atoms with Crippen LogP contribution in [0.5, 0.6) is 0 Å². The number of nitrogens with one attached hydrogen (secondary N) is 1. The van der Waals surface area contributed by atoms with E-state index in [4.69, 9.17) is 4.42 Å². The quantitative estimate of drug-likeness (QED) is 0.424. The van der Waals surface area contributed by atoms with Gasteiger partial charge in [0.05, 0.1) is 5.52 Å². The Balaban J connectivity index is 1.52. The van der Waals surface area contributed by atoms with Crippen LogP contribution >= 0.6 is 0 Å². The highest BCUT2D eigenvalue weighted by Gasteiger charge is 2.23. The maximum absolute atomic E-state index is 13.3. The van der Waals surface area contributed by atoms with Crippen LogP contribution in [-0.4, -0.2) is 16.5 Å². The lowest BCUT2D eigenvalue weighted by Crippen LogP contribution is -2.37. The predicted octanol–water partition coefficient (Wildman–Crippen LogP) is 6.15. The summed E-state index contributed by atoms with van der Waals surface area (Å²) in [7, 11) is 0. The Morgan fingerprint density at radius 2 is 1.74 bits per heavy atom. The van der Waals surface area contributed by atoms with Crippen LogP contribution in [0.2, 0.25) is 0 Å². The minimum atomic E-state index is -0.282. The molecule has 1 aliphatic carbocycles. The van der Waals surface area contributed by atoms with E-state index in [0.29, 0.717) is 23.6 Å². The minimum absolute atomic E-state index is 0.0578. The van der Waals surface area contributed by atoms with Crippen LogP contribution < -0.4 is 5.32 Å². The molecule has 2 heterocycles. The smallest absolute Gasteiger partial charge is 0.268 e. The Morgan fingerprint density at radius 1 is 1.00 bits per heavy atom. The fourth-order valence-electron chi connectivity index (χ4n) is 4.43. The van der Waals surface area contributed by atoms with Crippen molar-refractivity contribution in [2.24, 2.45) is 0 Å². The molecule has 5 rings (SSSR count). The molecule has 0 spiro atoms. The molecule has 1 aliphatic rings. The van der Waals surface area contributed by atoms with Gasteiger partial charge < -0.3 is 14.3 Å². The molecule has 158 valence electrons. The number of benzene rings is 2. The maximum atomic E-state index is 13.3. The zero-order valence-corrected chi connectivity index (χ0v) is 17.3. The lowest BCUT2D eigenvalue weighted by atomic mass is 9.95. The van der Waals surface area contributed by atoms with E-state index in [1.165, 1.54) is 31.4 Å². The van der Waals surface area contributed by atoms with Crippen LogP contribution in [-0.2, 0) is 6.54 Å². The molecule has 0 atom stereocenters. The molecule has 0 aliphatic heterocycles. The Labute approximate surface area is 180 Å². The number of furan rings is 1. The zero-order chi connectivity index (χ0) is 21.2. The Kier molecular flexibility index (Phi) is 5.33. The molecule has 2 aromatic heterocycles. The van der Waals surface area contributed by atoms with Gasteiger partial charge in [-0.2, -0.15) is 0 Å². The van der Waals surface area contributed by atoms with E-state index >= 15 is 0 Å². The lowest BCUT2D eigenvalue weighted by Gasteiger charge is -2.23. The fourth-order valence-corrected chi connectivity index (χ4v) is 4.43. The number of carbonyl (C=O) groups excluding carboxylic acids is 1. The molecule has 0 bridgehead atoms. The van der Waals surface area contributed by atoms with Gasteiger partial charge in [-0.25, -0.2) is 4.39 Å². The highest BCUT2D eigenvalue weighted by atomic mass is 19.1. The van der Waals surface area contributed by atoms with Crippen LogP contribution in [0.25, 0.3) is 22.4 Å². The normalized spacial score (nSPS) is 14.7. The van der Waals surface area contributed by atoms with Gasteiger partial charge in [-0.3, -0.25) is 4.79 Å². The number of carbonyl (C=O) groups is 1. The van der Waals surface area contributed by atoms with Crippen LogP contribution in [0.4, 0.5) is 4.39 Å². The monoisotopic (exact) mass is 416 g/mol. The highest BCUT2D eigenvalue weighted by molar-refractivity contribution is 5.98. The van der Waals surface area contributed by atoms with Gasteiger partial charge in [-0.15, -0.1) is 0 Å². The average Bonchev–Trinajstić information content (AvgIpc) is 3.35. The molecule has 1 fully saturated rings. The first-order valence-corrected chi connectivity index (χ1v) is 10.9. The summed E-state index contributed by atoms with van der Waals surface area (Å²) < 4.78 is 21.4. The predicted molar refractivity (Wildman–Crippen MR) is 119 cm³/mol. The zero-order valence-electron chi connectivity index (χ0n) is 17.3. The van der Waals surface area contributed by atoms with E-state index in [2.05, 4.69) is 17.4 Å². The molecule has 2 aromatic carbocycles. The Morgan fingerprint density at radius 3 is 2.48 bits per heavy atom. The van der Waals surface area contributed by atoms with E-state index in [0.717, 1.165) is 29.5 Å². The Hall–Kier alpha value is -3.34. The third-order valence-electron chi connectivity index (χ3n) is 6.07. The van der Waals surface area contributed by atoms with Crippen LogP contribution in [0.3, 0.4) is 0 Å². The van der Waals surface area contributed by atoms with E-state index in [-0.39, 0.29) is 17.8 Å². The number of nitrogens with zero attached hydrogens (tertiary/aromatic N) is 1. The van der Waals surface area contributed by atoms with Crippen molar-refractivity contribution < 1.29 is 13.6 Å². The van der Waals surface area contributed by atoms with Gasteiger partial charge in [-0.05, 0) is 42.7 Å². The molecule has 1 amide bonds. The molecular formula is C26H25FN2O2. The summed E-state index contributed by atoms with van der Waals surface area (Å²) in [4.78, 5) is 13.2. The second-order valence-electron chi connectivity index (χ2n) is 8.28. The SMILES string of the molecule is O=C(NC1CCCCC1)c1cc2oc(-c3ccc(F)cc3)cc2n1Cc1ccccc1. The van der Waals surface area contributed by atoms with Crippen molar-refractivity contribution in [2.75, 3.05) is 0 Å². The first kappa shape index (κ1) is 19.6. The molecule has 5 heteroatoms. The van der Waals surface area contributed by atoms with Crippen molar-refractivity contribution in [2.45, 2.75) is 44.7 Å². The first-order valence-electron chi connectivity index (χ1n) is 10.9. The van der Waals surface area contributed by atoms with Gasteiger partial charge in [0.2, 0.25) is 0 Å². The van der Waals surface area contributed by atoms with Crippen molar-refractivity contribution >= 4 is 17.0 Å². The minimum Gasteiger partial charge on any atom is -0.454 e. The summed E-state index contributed by atoms with van der Waals surface area (Å²) in [5, 5.41) is 3.22. The summed E-state index contributed by atoms with van der Waals surface area (Å²) in [6.07, 6.45) is 5.65. The molecule has 0 unspecified atom stereocenters. The van der Waals surface area contributed by atoms with Gasteiger partial charge in [-0.1, -0.05) is 49.6 Å². The Bertz CT molecular complexity index is 1190. The molecule has 0 radical (unpaired) electrons. The van der Waals surface area contributed by atoms with E-state index in [1.54, 1.807) is 12.1 Å². The molecule has 0 saturated heterocycles. The second kappa shape index (κ2) is 8.42. The molecular weight excluding hydrogens is 391 g/mol. The second-order valence-corrected chi connectivity index (χ2v) is 8.28. The number of fused-ring (bicyclic) bond motifs is 1. The van der Waals surface area contributed by atoms with E-state index in [9.17, 15) is 9.18 Å². The maximum Gasteiger partial charge on any atom is 0.268 e. The van der Waals surface area contributed by atoms with Gasteiger partial charge >= 0.3 is 0 Å². The number of rotatable bonds is 5. The van der Waals surface area contributed by atoms with Crippen LogP contribution in [0, 0.1) is 5.82 Å². The van der Waals surface area contributed by atoms with Crippen LogP contribution in [0.1, 0.15) is 48.2 Å². The van der Waals surface area contributed by atoms with Crippen molar-refractivity contribution in [3.05, 3.63) is 83.8 Å². The number of amides is 1. The molecule has 4 aromatic rings. The van der Waals surface area contributed by atoms with Gasteiger partial charge in [0.25, 0.3) is 5.91 Å². The summed E-state index contributed by atoms with van der Waals surface area (Å²) in [5.74, 6) is 0.318. The number of aromatic nitrogens is 1. The topological polar surface area (TPSA) is 47.2 Å². The van der Waals surface area contributed by atoms with E-state index in [1.807, 2.05) is 34.9 Å². The van der Waals surface area contributed by atoms with Crippen LogP contribution in [0.15, 0.2) is 71.1 Å². The van der Waals surface area contributed by atoms with E-state index < -0.39 is 0 Å². The molecule has 4 nitrogen and oxygen atoms in total. The summed E-state index contributed by atoms with van der Waals surface area (Å²) in [5.41, 5.74) is 4.03. The van der Waals surface area contributed by atoms with Crippen molar-refractivity contribution in [3.8, 4) is 11.3 Å². The lowest BCUT2D eigenvalue weighted by molar-refractivity contribution is 0.0919. The number of hydrogen-bond donors (Lipinski definition) is 1. The third-order valence-corrected chi connectivity index (χ3v) is 6.07. The fraction of sp³-hybridized carbons (Fsp3) is 0.269. The summed E-state index contributed by atoms with van der Waals surface area (Å²) in [6, 6.07) is 20.3. The van der Waals surface area contributed by atoms with Crippen molar-refractivity contribution in [1.29, 1.82) is 0 Å². The third kappa shape index (κ3) is 4.13.